The molecule has 4 amide bonds. The number of benzene rings is 2. The minimum Gasteiger partial charge on any atom is -0.474 e. The lowest BCUT2D eigenvalue weighted by atomic mass is 10.00. The van der Waals surface area contributed by atoms with Gasteiger partial charge in [-0.1, -0.05) is 43.2 Å². The molecule has 2 aromatic carbocycles. The van der Waals surface area contributed by atoms with E-state index in [9.17, 15) is 28.3 Å². The first-order valence-electron chi connectivity index (χ1n) is 20.7. The third-order valence-corrected chi connectivity index (χ3v) is 14.2. The van der Waals surface area contributed by atoms with Gasteiger partial charge in [0.25, 0.3) is 11.8 Å². The molecule has 5 aliphatic rings. The second-order valence-electron chi connectivity index (χ2n) is 16.9. The van der Waals surface area contributed by atoms with Crippen molar-refractivity contribution in [2.45, 2.75) is 105 Å². The Kier molecular flexibility index (Phi) is 10.5. The fourth-order valence-electron chi connectivity index (χ4n) is 8.74. The summed E-state index contributed by atoms with van der Waals surface area (Å²) in [4.78, 5) is 63.0. The first-order valence-corrected chi connectivity index (χ1v) is 22.3. The molecule has 6 unspecified atom stereocenters. The smallest absolute Gasteiger partial charge is 0.272 e. The highest BCUT2D eigenvalue weighted by atomic mass is 32.3. The lowest BCUT2D eigenvalue weighted by Gasteiger charge is -2.35. The van der Waals surface area contributed by atoms with E-state index in [0.29, 0.717) is 42.7 Å². The molecule has 2 saturated carbocycles. The zero-order valence-corrected chi connectivity index (χ0v) is 34.2. The molecule has 0 spiro atoms. The van der Waals surface area contributed by atoms with E-state index in [1.165, 1.54) is 15.6 Å². The van der Waals surface area contributed by atoms with Crippen molar-refractivity contribution in [2.75, 3.05) is 11.9 Å². The molecule has 324 valence electrons. The minimum absolute atomic E-state index is 0.0624. The van der Waals surface area contributed by atoms with Crippen molar-refractivity contribution in [1.82, 2.24) is 30.0 Å². The van der Waals surface area contributed by atoms with Gasteiger partial charge in [-0.25, -0.2) is 13.8 Å². The first kappa shape index (κ1) is 40.9. The summed E-state index contributed by atoms with van der Waals surface area (Å²) >= 11 is 0. The average molecular weight is 863 g/mol. The van der Waals surface area contributed by atoms with Crippen LogP contribution >= 0.6 is 10.8 Å². The van der Waals surface area contributed by atoms with Crippen molar-refractivity contribution in [3.63, 3.8) is 0 Å². The van der Waals surface area contributed by atoms with Gasteiger partial charge in [0.2, 0.25) is 23.6 Å². The maximum absolute atomic E-state index is 15.5. The molecule has 0 bridgehead atoms. The van der Waals surface area contributed by atoms with Crippen LogP contribution in [0.2, 0.25) is 0 Å². The fourth-order valence-corrected chi connectivity index (χ4v) is 10.2. The van der Waals surface area contributed by atoms with E-state index in [1.807, 2.05) is 54.6 Å². The molecule has 3 aliphatic heterocycles. The number of carbonyl (C=O) groups is 4. The number of hydrogen-bond acceptors (Lipinski definition) is 11. The molecular formula is C42H48F2N8O8S. The average Bonchev–Trinajstić information content (AvgIpc) is 4.03. The Morgan fingerprint density at radius 2 is 1.80 bits per heavy atom. The fraction of sp³-hybridized carbons (Fsp3) is 0.476. The Morgan fingerprint density at radius 3 is 2.57 bits per heavy atom. The van der Waals surface area contributed by atoms with Crippen LogP contribution in [0.15, 0.2) is 76.3 Å². The number of aryl methyl sites for hydroxylation is 1. The van der Waals surface area contributed by atoms with Gasteiger partial charge in [-0.2, -0.15) is 5.10 Å². The van der Waals surface area contributed by atoms with Gasteiger partial charge in [0.05, 0.1) is 23.2 Å². The number of ether oxygens (including phenoxy) is 1. The van der Waals surface area contributed by atoms with E-state index in [-0.39, 0.29) is 43.8 Å². The maximum Gasteiger partial charge on any atom is 0.272 e. The van der Waals surface area contributed by atoms with Gasteiger partial charge in [-0.3, -0.25) is 37.7 Å². The summed E-state index contributed by atoms with van der Waals surface area (Å²) in [6.07, 6.45) is 1.07. The van der Waals surface area contributed by atoms with E-state index in [1.54, 1.807) is 13.2 Å². The zero-order valence-electron chi connectivity index (χ0n) is 33.4. The highest BCUT2D eigenvalue weighted by Crippen LogP contribution is 2.56. The van der Waals surface area contributed by atoms with E-state index in [4.69, 9.17) is 14.1 Å². The van der Waals surface area contributed by atoms with Gasteiger partial charge in [0.1, 0.15) is 40.8 Å². The molecule has 0 radical (unpaired) electrons. The summed E-state index contributed by atoms with van der Waals surface area (Å²) in [5, 5.41) is 13.4. The van der Waals surface area contributed by atoms with Crippen LogP contribution in [0.1, 0.15) is 86.5 Å². The third-order valence-electron chi connectivity index (χ3n) is 12.3. The van der Waals surface area contributed by atoms with Gasteiger partial charge in [0, 0.05) is 37.9 Å². The zero-order chi connectivity index (χ0) is 42.7. The molecule has 4 fully saturated rings. The quantitative estimate of drug-likeness (QED) is 0.128. The number of furan rings is 1. The minimum atomic E-state index is -3.61. The molecule has 5 heterocycles. The van der Waals surface area contributed by atoms with Crippen LogP contribution in [0, 0.1) is 5.92 Å². The molecule has 61 heavy (non-hydrogen) atoms. The highest BCUT2D eigenvalue weighted by Gasteiger charge is 2.65. The number of anilines is 1. The second kappa shape index (κ2) is 15.7. The van der Waals surface area contributed by atoms with Gasteiger partial charge in [-0.05, 0) is 68.4 Å². The van der Waals surface area contributed by atoms with Crippen LogP contribution in [0.3, 0.4) is 0 Å². The number of nitrogens with one attached hydrogen (secondary N) is 4. The monoisotopic (exact) mass is 862 g/mol. The van der Waals surface area contributed by atoms with E-state index in [0.717, 1.165) is 11.1 Å². The van der Waals surface area contributed by atoms with Crippen LogP contribution in [-0.4, -0.2) is 94.8 Å². The first-order chi connectivity index (χ1) is 29.2. The summed E-state index contributed by atoms with van der Waals surface area (Å²) in [5.74, 6) is -6.49. The van der Waals surface area contributed by atoms with Crippen molar-refractivity contribution in [3.8, 4) is 0 Å². The molecule has 4 aromatic rings. The number of carbonyl (C=O) groups excluding carboxylic acids is 4. The molecule has 6 N–H and O–H groups in total. The summed E-state index contributed by atoms with van der Waals surface area (Å²) in [6.45, 7) is -0.136. The van der Waals surface area contributed by atoms with Crippen molar-refractivity contribution in [2.24, 2.45) is 18.0 Å². The SMILES string of the molecule is Cn1ccc(C(=O)NC2CCCCCC(F)(F)CC3CC3(C(=O)NS(O)(O)C3CC3)NC(=O)C3CC(OC4=Nc5ccccc5NC4c4cc5ccccc5o4)CN3C2=O)n1. The molecule has 6 atom stereocenters. The number of alkyl halides is 2. The van der Waals surface area contributed by atoms with E-state index < -0.39 is 94.1 Å². The lowest BCUT2D eigenvalue weighted by molar-refractivity contribution is -0.141. The van der Waals surface area contributed by atoms with Crippen molar-refractivity contribution < 1.29 is 46.2 Å². The normalized spacial score (nSPS) is 28.1. The number of para-hydroxylation sites is 3. The summed E-state index contributed by atoms with van der Waals surface area (Å²) < 4.78 is 69.2. The number of aromatic nitrogens is 2. The van der Waals surface area contributed by atoms with E-state index in [2.05, 4.69) is 25.8 Å². The largest absolute Gasteiger partial charge is 0.474 e. The Morgan fingerprint density at radius 1 is 1.02 bits per heavy atom. The maximum atomic E-state index is 15.5. The standard InChI is InChI=1S/C42H48F2N8O8S/c1-51-18-16-30(49-51)36(53)46-31-12-3-2-8-17-41(43,44)21-25-22-42(25,40(56)50-61(57,58)27-14-15-27)48-37(54)32-20-26(23-52(32)39(31)55)59-38-35(45-28-10-5-6-11-29(28)47-38)34-19-24-9-4-7-13-33(24)60-34/h4-7,9-11,13,16,18-19,25-27,31-32,35,45,57-58H,2-3,8,12,14-15,17,20-23H2,1H3,(H,46,53)(H,48,54)(H,50,56). The number of hydrogen-bond donors (Lipinski definition) is 6. The molecule has 2 saturated heterocycles. The molecular weight excluding hydrogens is 815 g/mol. The highest BCUT2D eigenvalue weighted by molar-refractivity contribution is 8.23. The molecule has 19 heteroatoms. The second-order valence-corrected chi connectivity index (χ2v) is 18.9. The topological polar surface area (TPSA) is 213 Å². The predicted molar refractivity (Wildman–Crippen MR) is 221 cm³/mol. The van der Waals surface area contributed by atoms with Crippen LogP contribution in [0.25, 0.3) is 11.0 Å². The van der Waals surface area contributed by atoms with Gasteiger partial charge in [0.15, 0.2) is 6.04 Å². The van der Waals surface area contributed by atoms with Crippen molar-refractivity contribution in [1.29, 1.82) is 0 Å². The Balaban J connectivity index is 1.05. The Bertz CT molecular complexity index is 2370. The van der Waals surface area contributed by atoms with Crippen molar-refractivity contribution in [3.05, 3.63) is 78.3 Å². The van der Waals surface area contributed by atoms with Crippen LogP contribution in [0.4, 0.5) is 20.2 Å². The van der Waals surface area contributed by atoms with Gasteiger partial charge >= 0.3 is 0 Å². The van der Waals surface area contributed by atoms with Crippen LogP contribution in [-0.2, 0) is 26.2 Å². The number of nitrogens with zero attached hydrogens (tertiary/aromatic N) is 4. The Hall–Kier alpha value is -5.53. The lowest BCUT2D eigenvalue weighted by Crippen LogP contribution is -2.58. The predicted octanol–water partition coefficient (Wildman–Crippen LogP) is 5.96. The Labute approximate surface area is 351 Å². The number of halogens is 2. The summed E-state index contributed by atoms with van der Waals surface area (Å²) in [5.41, 5.74) is 0.148. The number of fused-ring (bicyclic) bond motifs is 4. The molecule has 2 aliphatic carbocycles. The molecule has 2 aromatic heterocycles. The van der Waals surface area contributed by atoms with Crippen LogP contribution in [0.5, 0.6) is 0 Å². The van der Waals surface area contributed by atoms with Gasteiger partial charge < -0.3 is 30.0 Å². The summed E-state index contributed by atoms with van der Waals surface area (Å²) in [7, 11) is -1.96. The number of aliphatic imine (C=N–C) groups is 1. The summed E-state index contributed by atoms with van der Waals surface area (Å²) in [6, 6.07) is 15.1. The molecule has 16 nitrogen and oxygen atoms in total. The number of rotatable bonds is 7. The van der Waals surface area contributed by atoms with E-state index >= 15 is 8.78 Å². The van der Waals surface area contributed by atoms with Gasteiger partial charge in [-0.15, -0.1) is 10.8 Å². The van der Waals surface area contributed by atoms with Crippen LogP contribution < -0.4 is 20.7 Å². The van der Waals surface area contributed by atoms with Crippen molar-refractivity contribution >= 4 is 62.6 Å². The third kappa shape index (κ3) is 8.42. The molecule has 9 rings (SSSR count). The number of amides is 4.